The Kier molecular flexibility index (Phi) is 3.59. The van der Waals surface area contributed by atoms with Gasteiger partial charge in [-0.15, -0.1) is 0 Å². The Labute approximate surface area is 108 Å². The molecule has 1 aromatic rings. The van der Waals surface area contributed by atoms with Crippen LogP contribution in [0.2, 0.25) is 0 Å². The lowest BCUT2D eigenvalue weighted by Crippen LogP contribution is -2.44. The van der Waals surface area contributed by atoms with Crippen LogP contribution in [-0.4, -0.2) is 49.2 Å². The fraction of sp³-hybridized carbons (Fsp3) is 0.692. The molecule has 0 atom stereocenters. The second-order valence-corrected chi connectivity index (χ2v) is 5.00. The first-order valence-corrected chi connectivity index (χ1v) is 6.97. The summed E-state index contributed by atoms with van der Waals surface area (Å²) in [7, 11) is 0. The van der Waals surface area contributed by atoms with Crippen molar-refractivity contribution in [2.75, 3.05) is 49.1 Å². The van der Waals surface area contributed by atoms with Crippen molar-refractivity contribution in [2.45, 2.75) is 19.3 Å². The van der Waals surface area contributed by atoms with E-state index in [1.165, 1.54) is 19.3 Å². The Morgan fingerprint density at radius 3 is 2.50 bits per heavy atom. The second-order valence-electron chi connectivity index (χ2n) is 5.00. The van der Waals surface area contributed by atoms with E-state index in [0.717, 1.165) is 51.0 Å². The number of rotatable bonds is 2. The molecule has 0 radical (unpaired) electrons. The highest BCUT2D eigenvalue weighted by Crippen LogP contribution is 2.19. The Hall–Kier alpha value is -1.36. The van der Waals surface area contributed by atoms with Gasteiger partial charge in [0.05, 0.1) is 0 Å². The molecule has 2 aliphatic heterocycles. The van der Waals surface area contributed by atoms with Crippen LogP contribution in [0.15, 0.2) is 12.3 Å². The van der Waals surface area contributed by atoms with Gasteiger partial charge in [-0.1, -0.05) is 0 Å². The zero-order valence-electron chi connectivity index (χ0n) is 10.8. The molecule has 18 heavy (non-hydrogen) atoms. The largest absolute Gasteiger partial charge is 0.356 e. The molecule has 1 N–H and O–H groups in total. The lowest BCUT2D eigenvalue weighted by Gasteiger charge is -2.30. The van der Waals surface area contributed by atoms with Crippen LogP contribution in [0, 0.1) is 0 Å². The molecule has 3 rings (SSSR count). The first kappa shape index (κ1) is 11.7. The lowest BCUT2D eigenvalue weighted by atomic mass is 10.1. The van der Waals surface area contributed by atoms with Crippen LogP contribution < -0.4 is 15.1 Å². The maximum Gasteiger partial charge on any atom is 0.227 e. The van der Waals surface area contributed by atoms with Gasteiger partial charge in [0.25, 0.3) is 0 Å². The number of hydrogen-bond acceptors (Lipinski definition) is 5. The van der Waals surface area contributed by atoms with Crippen molar-refractivity contribution in [3.8, 4) is 0 Å². The summed E-state index contributed by atoms with van der Waals surface area (Å²) in [6.45, 7) is 6.33. The molecule has 98 valence electrons. The van der Waals surface area contributed by atoms with E-state index >= 15 is 0 Å². The van der Waals surface area contributed by atoms with Gasteiger partial charge in [0.2, 0.25) is 5.95 Å². The molecule has 0 aliphatic carbocycles. The number of aromatic nitrogens is 2. The molecular formula is C13H21N5. The van der Waals surface area contributed by atoms with Gasteiger partial charge in [0.15, 0.2) is 0 Å². The predicted molar refractivity (Wildman–Crippen MR) is 73.2 cm³/mol. The van der Waals surface area contributed by atoms with Gasteiger partial charge in [-0.2, -0.15) is 4.98 Å². The summed E-state index contributed by atoms with van der Waals surface area (Å²) in [4.78, 5) is 13.8. The topological polar surface area (TPSA) is 44.3 Å². The predicted octanol–water partition coefficient (Wildman–Crippen LogP) is 0.876. The average molecular weight is 247 g/mol. The van der Waals surface area contributed by atoms with Crippen molar-refractivity contribution in [3.63, 3.8) is 0 Å². The average Bonchev–Trinajstić information content (AvgIpc) is 2.49. The highest BCUT2D eigenvalue weighted by Gasteiger charge is 2.16. The first-order chi connectivity index (χ1) is 8.93. The van der Waals surface area contributed by atoms with E-state index in [9.17, 15) is 0 Å². The Morgan fingerprint density at radius 1 is 0.944 bits per heavy atom. The van der Waals surface area contributed by atoms with E-state index in [0.29, 0.717) is 0 Å². The van der Waals surface area contributed by atoms with E-state index in [4.69, 9.17) is 4.98 Å². The van der Waals surface area contributed by atoms with E-state index < -0.39 is 0 Å². The molecule has 2 fully saturated rings. The number of anilines is 2. The monoisotopic (exact) mass is 247 g/mol. The molecule has 5 heteroatoms. The highest BCUT2D eigenvalue weighted by molar-refractivity contribution is 5.44. The molecule has 0 aromatic carbocycles. The van der Waals surface area contributed by atoms with Crippen molar-refractivity contribution in [3.05, 3.63) is 12.3 Å². The van der Waals surface area contributed by atoms with Gasteiger partial charge in [-0.05, 0) is 25.3 Å². The van der Waals surface area contributed by atoms with Crippen LogP contribution in [0.5, 0.6) is 0 Å². The van der Waals surface area contributed by atoms with Crippen LogP contribution in [0.4, 0.5) is 11.8 Å². The summed E-state index contributed by atoms with van der Waals surface area (Å²) < 4.78 is 0. The number of piperazine rings is 1. The van der Waals surface area contributed by atoms with E-state index in [1.54, 1.807) is 0 Å². The van der Waals surface area contributed by atoms with Gasteiger partial charge in [-0.25, -0.2) is 4.98 Å². The maximum atomic E-state index is 4.73. The fourth-order valence-electron chi connectivity index (χ4n) is 2.66. The quantitative estimate of drug-likeness (QED) is 0.840. The summed E-state index contributed by atoms with van der Waals surface area (Å²) >= 11 is 0. The SMILES string of the molecule is c1cc(N2CCCCC2)nc(N2CCNCC2)n1. The lowest BCUT2D eigenvalue weighted by molar-refractivity contribution is 0.566. The van der Waals surface area contributed by atoms with Gasteiger partial charge in [-0.3, -0.25) is 0 Å². The van der Waals surface area contributed by atoms with Crippen molar-refractivity contribution < 1.29 is 0 Å². The van der Waals surface area contributed by atoms with E-state index in [2.05, 4.69) is 20.1 Å². The van der Waals surface area contributed by atoms with Gasteiger partial charge in [0.1, 0.15) is 5.82 Å². The van der Waals surface area contributed by atoms with Crippen molar-refractivity contribution in [2.24, 2.45) is 0 Å². The van der Waals surface area contributed by atoms with Crippen LogP contribution >= 0.6 is 0 Å². The zero-order chi connectivity index (χ0) is 12.2. The minimum atomic E-state index is 0.888. The van der Waals surface area contributed by atoms with Gasteiger partial charge in [0, 0.05) is 45.5 Å². The Morgan fingerprint density at radius 2 is 1.72 bits per heavy atom. The number of nitrogens with one attached hydrogen (secondary N) is 1. The number of nitrogens with zero attached hydrogens (tertiary/aromatic N) is 4. The third-order valence-electron chi connectivity index (χ3n) is 3.71. The molecule has 0 spiro atoms. The minimum Gasteiger partial charge on any atom is -0.356 e. The number of piperidine rings is 1. The Bertz CT molecular complexity index is 349. The smallest absolute Gasteiger partial charge is 0.227 e. The number of hydrogen-bond donors (Lipinski definition) is 1. The van der Waals surface area contributed by atoms with E-state index in [-0.39, 0.29) is 0 Å². The molecule has 0 bridgehead atoms. The van der Waals surface area contributed by atoms with Crippen LogP contribution in [-0.2, 0) is 0 Å². The summed E-state index contributed by atoms with van der Waals surface area (Å²) in [5, 5.41) is 3.35. The molecule has 3 heterocycles. The molecule has 1 aromatic heterocycles. The summed E-state index contributed by atoms with van der Waals surface area (Å²) in [6.07, 6.45) is 5.82. The van der Waals surface area contributed by atoms with Crippen molar-refractivity contribution >= 4 is 11.8 Å². The molecule has 5 nitrogen and oxygen atoms in total. The molecule has 2 saturated heterocycles. The molecule has 0 unspecified atom stereocenters. The van der Waals surface area contributed by atoms with Crippen LogP contribution in [0.1, 0.15) is 19.3 Å². The van der Waals surface area contributed by atoms with Gasteiger partial charge < -0.3 is 15.1 Å². The fourth-order valence-corrected chi connectivity index (χ4v) is 2.66. The minimum absolute atomic E-state index is 0.888. The summed E-state index contributed by atoms with van der Waals surface area (Å²) in [5.41, 5.74) is 0. The molecule has 2 aliphatic rings. The first-order valence-electron chi connectivity index (χ1n) is 6.97. The van der Waals surface area contributed by atoms with Gasteiger partial charge >= 0.3 is 0 Å². The van der Waals surface area contributed by atoms with E-state index in [1.807, 2.05) is 12.3 Å². The highest BCUT2D eigenvalue weighted by atomic mass is 15.3. The van der Waals surface area contributed by atoms with Crippen LogP contribution in [0.3, 0.4) is 0 Å². The molecule has 0 amide bonds. The summed E-state index contributed by atoms with van der Waals surface area (Å²) in [5.74, 6) is 1.98. The summed E-state index contributed by atoms with van der Waals surface area (Å²) in [6, 6.07) is 2.04. The zero-order valence-corrected chi connectivity index (χ0v) is 10.8. The standard InChI is InChI=1S/C13H21N5/c1-2-8-17(9-3-1)12-4-5-15-13(16-12)18-10-6-14-7-11-18/h4-5,14H,1-3,6-11H2. The normalized spacial score (nSPS) is 21.1. The molecule has 0 saturated carbocycles. The third kappa shape index (κ3) is 2.56. The maximum absolute atomic E-state index is 4.73. The third-order valence-corrected chi connectivity index (χ3v) is 3.71. The molecular weight excluding hydrogens is 226 g/mol. The van der Waals surface area contributed by atoms with Crippen molar-refractivity contribution in [1.29, 1.82) is 0 Å². The Balaban J connectivity index is 1.75. The second kappa shape index (κ2) is 5.52. The van der Waals surface area contributed by atoms with Crippen molar-refractivity contribution in [1.82, 2.24) is 15.3 Å². The van der Waals surface area contributed by atoms with Crippen LogP contribution in [0.25, 0.3) is 0 Å².